The van der Waals surface area contributed by atoms with Crippen LogP contribution in [0.3, 0.4) is 0 Å². The van der Waals surface area contributed by atoms with Gasteiger partial charge in [-0.1, -0.05) is 50.2 Å². The van der Waals surface area contributed by atoms with Crippen LogP contribution in [0.1, 0.15) is 48.1 Å². The first-order chi connectivity index (χ1) is 16.1. The fourth-order valence-electron chi connectivity index (χ4n) is 3.93. The van der Waals surface area contributed by atoms with Crippen LogP contribution in [0.2, 0.25) is 0 Å². The smallest absolute Gasteiger partial charge is 0.269 e. The van der Waals surface area contributed by atoms with Gasteiger partial charge in [0.05, 0.1) is 17.6 Å². The van der Waals surface area contributed by atoms with Gasteiger partial charge in [0, 0.05) is 25.7 Å². The summed E-state index contributed by atoms with van der Waals surface area (Å²) in [5.74, 6) is 2.17. The van der Waals surface area contributed by atoms with E-state index in [9.17, 15) is 4.79 Å². The maximum atomic E-state index is 12.3. The second-order valence-electron chi connectivity index (χ2n) is 8.28. The molecule has 0 aliphatic carbocycles. The third kappa shape index (κ3) is 5.58. The number of ether oxygens (including phenoxy) is 1. The van der Waals surface area contributed by atoms with Crippen LogP contribution in [-0.2, 0) is 13.0 Å². The molecule has 0 fully saturated rings. The molecular weight excluding hydrogens is 412 g/mol. The Morgan fingerprint density at radius 1 is 1.03 bits per heavy atom. The fourth-order valence-corrected chi connectivity index (χ4v) is 3.93. The lowest BCUT2D eigenvalue weighted by Gasteiger charge is -2.14. The molecule has 0 unspecified atom stereocenters. The van der Waals surface area contributed by atoms with Gasteiger partial charge in [-0.15, -0.1) is 0 Å². The maximum Gasteiger partial charge on any atom is 0.269 e. The first kappa shape index (κ1) is 22.5. The number of carbonyl (C=O) groups excluding carboxylic acids is 1. The van der Waals surface area contributed by atoms with Gasteiger partial charge in [-0.3, -0.25) is 9.78 Å². The van der Waals surface area contributed by atoms with E-state index in [0.29, 0.717) is 31.2 Å². The van der Waals surface area contributed by atoms with Crippen molar-refractivity contribution in [2.45, 2.75) is 39.2 Å². The van der Waals surface area contributed by atoms with Crippen LogP contribution in [0.5, 0.6) is 5.75 Å². The summed E-state index contributed by atoms with van der Waals surface area (Å²) in [6.45, 7) is 6.29. The normalized spacial score (nSPS) is 11.1. The van der Waals surface area contributed by atoms with Gasteiger partial charge >= 0.3 is 0 Å². The molecule has 0 aliphatic heterocycles. The molecule has 0 saturated carbocycles. The number of amides is 1. The Balaban J connectivity index is 1.38. The van der Waals surface area contributed by atoms with Gasteiger partial charge in [0.25, 0.3) is 5.91 Å². The van der Waals surface area contributed by atoms with E-state index in [1.165, 1.54) is 5.56 Å². The van der Waals surface area contributed by atoms with E-state index in [2.05, 4.69) is 46.9 Å². The van der Waals surface area contributed by atoms with Crippen molar-refractivity contribution in [3.05, 3.63) is 90.0 Å². The summed E-state index contributed by atoms with van der Waals surface area (Å²) in [4.78, 5) is 21.2. The number of hydrogen-bond acceptors (Lipinski definition) is 4. The number of carbonyl (C=O) groups is 1. The molecule has 170 valence electrons. The van der Waals surface area contributed by atoms with Gasteiger partial charge < -0.3 is 14.6 Å². The maximum absolute atomic E-state index is 12.3. The monoisotopic (exact) mass is 442 g/mol. The molecule has 2 aromatic heterocycles. The van der Waals surface area contributed by atoms with Crippen molar-refractivity contribution in [1.82, 2.24) is 19.9 Å². The van der Waals surface area contributed by atoms with Gasteiger partial charge in [-0.05, 0) is 48.2 Å². The topological polar surface area (TPSA) is 69.0 Å². The Morgan fingerprint density at radius 3 is 2.64 bits per heavy atom. The van der Waals surface area contributed by atoms with Crippen molar-refractivity contribution in [3.8, 4) is 5.75 Å². The van der Waals surface area contributed by atoms with Crippen molar-refractivity contribution < 1.29 is 9.53 Å². The molecule has 0 bridgehead atoms. The number of imidazole rings is 1. The second kappa shape index (κ2) is 10.8. The van der Waals surface area contributed by atoms with E-state index < -0.39 is 0 Å². The third-order valence-corrected chi connectivity index (χ3v) is 5.59. The molecule has 0 atom stereocenters. The Bertz CT molecular complexity index is 1200. The van der Waals surface area contributed by atoms with Crippen molar-refractivity contribution in [2.75, 3.05) is 13.2 Å². The number of rotatable bonds is 10. The summed E-state index contributed by atoms with van der Waals surface area (Å²) in [6.07, 6.45) is 3.13. The number of fused-ring (bicyclic) bond motifs is 1. The molecule has 33 heavy (non-hydrogen) atoms. The molecule has 0 aliphatic rings. The summed E-state index contributed by atoms with van der Waals surface area (Å²) in [7, 11) is 0. The number of nitrogens with zero attached hydrogens (tertiary/aromatic N) is 3. The van der Waals surface area contributed by atoms with Gasteiger partial charge in [-0.2, -0.15) is 0 Å². The van der Waals surface area contributed by atoms with E-state index in [-0.39, 0.29) is 5.91 Å². The van der Waals surface area contributed by atoms with Gasteiger partial charge in [0.2, 0.25) is 0 Å². The van der Waals surface area contributed by atoms with Crippen molar-refractivity contribution >= 4 is 16.9 Å². The van der Waals surface area contributed by atoms with E-state index >= 15 is 0 Å². The molecule has 0 radical (unpaired) electrons. The lowest BCUT2D eigenvalue weighted by molar-refractivity contribution is 0.0949. The minimum Gasteiger partial charge on any atom is -0.493 e. The van der Waals surface area contributed by atoms with Crippen LogP contribution in [0, 0.1) is 0 Å². The first-order valence-electron chi connectivity index (χ1n) is 11.5. The lowest BCUT2D eigenvalue weighted by Crippen LogP contribution is -2.27. The Hall–Kier alpha value is -3.67. The summed E-state index contributed by atoms with van der Waals surface area (Å²) < 4.78 is 8.35. The van der Waals surface area contributed by atoms with Crippen molar-refractivity contribution in [1.29, 1.82) is 0 Å². The lowest BCUT2D eigenvalue weighted by atomic mass is 10.0. The minimum atomic E-state index is -0.171. The molecule has 1 N–H and O–H groups in total. The Kier molecular flexibility index (Phi) is 7.35. The van der Waals surface area contributed by atoms with Gasteiger partial charge in [0.15, 0.2) is 0 Å². The molecule has 0 saturated heterocycles. The van der Waals surface area contributed by atoms with Crippen LogP contribution < -0.4 is 10.1 Å². The highest BCUT2D eigenvalue weighted by molar-refractivity contribution is 5.92. The zero-order valence-electron chi connectivity index (χ0n) is 19.2. The summed E-state index contributed by atoms with van der Waals surface area (Å²) >= 11 is 0. The first-order valence-corrected chi connectivity index (χ1v) is 11.5. The van der Waals surface area contributed by atoms with Gasteiger partial charge in [-0.25, -0.2) is 4.98 Å². The van der Waals surface area contributed by atoms with Crippen molar-refractivity contribution in [3.63, 3.8) is 0 Å². The zero-order chi connectivity index (χ0) is 23.0. The number of aromatic nitrogens is 3. The average molecular weight is 443 g/mol. The molecule has 1 amide bonds. The summed E-state index contributed by atoms with van der Waals surface area (Å²) in [5, 5.41) is 2.95. The number of aryl methyl sites for hydroxylation is 1. The zero-order valence-corrected chi connectivity index (χ0v) is 19.2. The minimum absolute atomic E-state index is 0.171. The average Bonchev–Trinajstić information content (AvgIpc) is 3.19. The fraction of sp³-hybridized carbons (Fsp3) is 0.296. The molecule has 0 spiro atoms. The van der Waals surface area contributed by atoms with Crippen LogP contribution in [0.25, 0.3) is 11.0 Å². The van der Waals surface area contributed by atoms with Crippen LogP contribution in [-0.4, -0.2) is 33.6 Å². The van der Waals surface area contributed by atoms with Crippen LogP contribution in [0.15, 0.2) is 72.9 Å². The largest absolute Gasteiger partial charge is 0.493 e. The van der Waals surface area contributed by atoms with Crippen LogP contribution >= 0.6 is 0 Å². The van der Waals surface area contributed by atoms with E-state index in [1.54, 1.807) is 18.3 Å². The van der Waals surface area contributed by atoms with E-state index in [0.717, 1.165) is 35.6 Å². The molecule has 2 aromatic carbocycles. The SMILES string of the molecule is CC(C)c1ccccc1OCCCn1c(CCNC(=O)c2ccccn2)nc2ccccc21. The number of nitrogens with one attached hydrogen (secondary N) is 1. The standard InChI is InChI=1S/C27H30N4O2/c1-20(2)21-10-3-6-14-25(21)33-19-9-18-31-24-13-5-4-11-22(24)30-26(31)15-17-29-27(32)23-12-7-8-16-28-23/h3-8,10-14,16,20H,9,15,17-19H2,1-2H3,(H,29,32). The molecule has 4 aromatic rings. The highest BCUT2D eigenvalue weighted by Crippen LogP contribution is 2.26. The van der Waals surface area contributed by atoms with Gasteiger partial charge in [0.1, 0.15) is 17.3 Å². The predicted octanol–water partition coefficient (Wildman–Crippen LogP) is 5.00. The van der Waals surface area contributed by atoms with E-state index in [4.69, 9.17) is 9.72 Å². The second-order valence-corrected chi connectivity index (χ2v) is 8.28. The quantitative estimate of drug-likeness (QED) is 0.351. The number of hydrogen-bond donors (Lipinski definition) is 1. The molecule has 2 heterocycles. The van der Waals surface area contributed by atoms with E-state index in [1.807, 2.05) is 36.4 Å². The molecular formula is C27H30N4O2. The number of pyridine rings is 1. The van der Waals surface area contributed by atoms with Crippen LogP contribution in [0.4, 0.5) is 0 Å². The summed E-state index contributed by atoms with van der Waals surface area (Å²) in [5.41, 5.74) is 3.72. The Labute approximate surface area is 194 Å². The summed E-state index contributed by atoms with van der Waals surface area (Å²) in [6, 6.07) is 21.7. The predicted molar refractivity (Wildman–Crippen MR) is 131 cm³/mol. The van der Waals surface area contributed by atoms with Crippen molar-refractivity contribution in [2.24, 2.45) is 0 Å². The highest BCUT2D eigenvalue weighted by Gasteiger charge is 2.12. The third-order valence-electron chi connectivity index (χ3n) is 5.59. The highest BCUT2D eigenvalue weighted by atomic mass is 16.5. The molecule has 6 nitrogen and oxygen atoms in total. The molecule has 4 rings (SSSR count). The number of para-hydroxylation sites is 3. The molecule has 6 heteroatoms. The Morgan fingerprint density at radius 2 is 1.82 bits per heavy atom. The number of benzene rings is 2.